The zero-order chi connectivity index (χ0) is 21.8. The number of furan rings is 1. The second-order valence-corrected chi connectivity index (χ2v) is 8.41. The van der Waals surface area contributed by atoms with Crippen molar-refractivity contribution in [3.8, 4) is 11.6 Å². The number of aromatic nitrogens is 3. The Morgan fingerprint density at radius 1 is 1.19 bits per heavy atom. The second kappa shape index (κ2) is 9.22. The standard InChI is InChI=1S/C24H24N4O2S/c1-4-13-28-23(21-14-18-7-5-6-8-20(18)30-21)26-27-24(28)31-15-22(29)25-19-11-9-17(10-12-19)16(2)3/h4-12,14,16H,1,13,15H2,2-3H3,(H,25,29). The minimum atomic E-state index is -0.0965. The third kappa shape index (κ3) is 4.72. The predicted octanol–water partition coefficient (Wildman–Crippen LogP) is 5.73. The normalized spacial score (nSPS) is 11.2. The Bertz CT molecular complexity index is 1180. The van der Waals surface area contributed by atoms with Gasteiger partial charge in [0.2, 0.25) is 11.7 Å². The number of thioether (sulfide) groups is 1. The van der Waals surface area contributed by atoms with Crippen LogP contribution < -0.4 is 5.32 Å². The number of amides is 1. The van der Waals surface area contributed by atoms with Gasteiger partial charge in [-0.1, -0.05) is 62.0 Å². The molecule has 158 valence electrons. The van der Waals surface area contributed by atoms with Gasteiger partial charge in [-0.15, -0.1) is 16.8 Å². The SMILES string of the molecule is C=CCn1c(SCC(=O)Nc2ccc(C(C)C)cc2)nnc1-c1cc2ccccc2o1. The van der Waals surface area contributed by atoms with Gasteiger partial charge in [-0.3, -0.25) is 9.36 Å². The summed E-state index contributed by atoms with van der Waals surface area (Å²) in [6.45, 7) is 8.63. The van der Waals surface area contributed by atoms with Gasteiger partial charge < -0.3 is 9.73 Å². The van der Waals surface area contributed by atoms with Crippen LogP contribution in [0.25, 0.3) is 22.6 Å². The molecule has 1 amide bonds. The van der Waals surface area contributed by atoms with Gasteiger partial charge in [0.1, 0.15) is 5.58 Å². The molecule has 2 aromatic heterocycles. The number of nitrogens with zero attached hydrogens (tertiary/aromatic N) is 3. The van der Waals surface area contributed by atoms with Crippen molar-refractivity contribution in [2.24, 2.45) is 0 Å². The van der Waals surface area contributed by atoms with Gasteiger partial charge in [0, 0.05) is 17.6 Å². The van der Waals surface area contributed by atoms with E-state index in [1.807, 2.05) is 59.2 Å². The molecule has 1 N–H and O–H groups in total. The molecule has 0 aliphatic carbocycles. The molecule has 0 atom stereocenters. The summed E-state index contributed by atoms with van der Waals surface area (Å²) in [5.41, 5.74) is 2.82. The van der Waals surface area contributed by atoms with E-state index in [0.29, 0.717) is 29.2 Å². The Kier molecular flexibility index (Phi) is 6.23. The number of carbonyl (C=O) groups is 1. The third-order valence-electron chi connectivity index (χ3n) is 4.87. The highest BCUT2D eigenvalue weighted by Gasteiger charge is 2.18. The quantitative estimate of drug-likeness (QED) is 0.284. The van der Waals surface area contributed by atoms with E-state index in [1.165, 1.54) is 17.3 Å². The largest absolute Gasteiger partial charge is 0.453 e. The predicted molar refractivity (Wildman–Crippen MR) is 125 cm³/mol. The van der Waals surface area contributed by atoms with Gasteiger partial charge in [-0.2, -0.15) is 0 Å². The minimum absolute atomic E-state index is 0.0965. The topological polar surface area (TPSA) is 73.0 Å². The first-order valence-electron chi connectivity index (χ1n) is 10.1. The van der Waals surface area contributed by atoms with Gasteiger partial charge in [0.25, 0.3) is 0 Å². The van der Waals surface area contributed by atoms with E-state index in [0.717, 1.165) is 16.7 Å². The van der Waals surface area contributed by atoms with E-state index in [1.54, 1.807) is 6.08 Å². The molecule has 0 spiro atoms. The molecule has 0 radical (unpaired) electrons. The summed E-state index contributed by atoms with van der Waals surface area (Å²) in [5.74, 6) is 1.83. The van der Waals surface area contributed by atoms with Gasteiger partial charge in [-0.25, -0.2) is 0 Å². The Labute approximate surface area is 185 Å². The van der Waals surface area contributed by atoms with Crippen LogP contribution in [0.2, 0.25) is 0 Å². The Balaban J connectivity index is 1.47. The fourth-order valence-corrected chi connectivity index (χ4v) is 3.99. The summed E-state index contributed by atoms with van der Waals surface area (Å²) in [7, 11) is 0. The van der Waals surface area contributed by atoms with Crippen LogP contribution in [0.1, 0.15) is 25.3 Å². The third-order valence-corrected chi connectivity index (χ3v) is 5.83. The number of nitrogens with one attached hydrogen (secondary N) is 1. The van der Waals surface area contributed by atoms with Crippen molar-refractivity contribution < 1.29 is 9.21 Å². The molecule has 0 saturated carbocycles. The van der Waals surface area contributed by atoms with Crippen LogP contribution in [0.3, 0.4) is 0 Å². The molecule has 2 heterocycles. The van der Waals surface area contributed by atoms with E-state index < -0.39 is 0 Å². The van der Waals surface area contributed by atoms with Crippen LogP contribution in [-0.4, -0.2) is 26.4 Å². The fraction of sp³-hybridized carbons (Fsp3) is 0.208. The summed E-state index contributed by atoms with van der Waals surface area (Å²) >= 11 is 1.33. The van der Waals surface area contributed by atoms with Crippen LogP contribution >= 0.6 is 11.8 Å². The fourth-order valence-electron chi connectivity index (χ4n) is 3.24. The maximum absolute atomic E-state index is 12.4. The van der Waals surface area contributed by atoms with Crippen LogP contribution in [0.5, 0.6) is 0 Å². The molecule has 7 heteroatoms. The first-order chi connectivity index (χ1) is 15.0. The molecular formula is C24H24N4O2S. The number of benzene rings is 2. The number of anilines is 1. The monoisotopic (exact) mass is 432 g/mol. The highest BCUT2D eigenvalue weighted by Crippen LogP contribution is 2.29. The van der Waals surface area contributed by atoms with Gasteiger partial charge in [0.05, 0.1) is 5.75 Å². The van der Waals surface area contributed by atoms with E-state index in [4.69, 9.17) is 4.42 Å². The van der Waals surface area contributed by atoms with Crippen molar-refractivity contribution in [2.45, 2.75) is 31.5 Å². The average Bonchev–Trinajstić information content (AvgIpc) is 3.36. The number of allylic oxidation sites excluding steroid dienone is 1. The molecule has 31 heavy (non-hydrogen) atoms. The summed E-state index contributed by atoms with van der Waals surface area (Å²) in [6.07, 6.45) is 1.77. The van der Waals surface area contributed by atoms with Crippen LogP contribution in [-0.2, 0) is 11.3 Å². The molecule has 2 aromatic carbocycles. The Hall–Kier alpha value is -3.32. The van der Waals surface area contributed by atoms with E-state index in [9.17, 15) is 4.79 Å². The van der Waals surface area contributed by atoms with Crippen molar-refractivity contribution in [3.63, 3.8) is 0 Å². The first kappa shape index (κ1) is 20.9. The second-order valence-electron chi connectivity index (χ2n) is 7.47. The van der Waals surface area contributed by atoms with Crippen LogP contribution in [0, 0.1) is 0 Å². The zero-order valence-electron chi connectivity index (χ0n) is 17.5. The number of fused-ring (bicyclic) bond motifs is 1. The number of carbonyl (C=O) groups excluding carboxylic acids is 1. The summed E-state index contributed by atoms with van der Waals surface area (Å²) in [5, 5.41) is 13.2. The van der Waals surface area contributed by atoms with E-state index in [2.05, 4.69) is 35.9 Å². The lowest BCUT2D eigenvalue weighted by atomic mass is 10.0. The molecule has 6 nitrogen and oxygen atoms in total. The molecule has 0 aliphatic heterocycles. The highest BCUT2D eigenvalue weighted by atomic mass is 32.2. The molecule has 0 bridgehead atoms. The van der Waals surface area contributed by atoms with Crippen LogP contribution in [0.4, 0.5) is 5.69 Å². The molecule has 0 unspecified atom stereocenters. The molecule has 0 aliphatic rings. The van der Waals surface area contributed by atoms with E-state index in [-0.39, 0.29) is 11.7 Å². The van der Waals surface area contributed by atoms with Crippen molar-refractivity contribution >= 4 is 34.3 Å². The lowest BCUT2D eigenvalue weighted by Gasteiger charge is -2.09. The van der Waals surface area contributed by atoms with Gasteiger partial charge in [-0.05, 0) is 35.7 Å². The lowest BCUT2D eigenvalue weighted by Crippen LogP contribution is -2.14. The van der Waals surface area contributed by atoms with Gasteiger partial charge >= 0.3 is 0 Å². The molecule has 0 saturated heterocycles. The average molecular weight is 433 g/mol. The van der Waals surface area contributed by atoms with E-state index >= 15 is 0 Å². The van der Waals surface area contributed by atoms with Crippen LogP contribution in [0.15, 0.2) is 76.8 Å². The molecule has 4 rings (SSSR count). The summed E-state index contributed by atoms with van der Waals surface area (Å²) in [6, 6.07) is 17.7. The minimum Gasteiger partial charge on any atom is -0.453 e. The zero-order valence-corrected chi connectivity index (χ0v) is 18.4. The Morgan fingerprint density at radius 3 is 2.68 bits per heavy atom. The lowest BCUT2D eigenvalue weighted by molar-refractivity contribution is -0.113. The van der Waals surface area contributed by atoms with Crippen molar-refractivity contribution in [2.75, 3.05) is 11.1 Å². The molecule has 4 aromatic rings. The maximum atomic E-state index is 12.4. The van der Waals surface area contributed by atoms with Crippen molar-refractivity contribution in [1.29, 1.82) is 0 Å². The smallest absolute Gasteiger partial charge is 0.234 e. The Morgan fingerprint density at radius 2 is 1.97 bits per heavy atom. The van der Waals surface area contributed by atoms with Crippen molar-refractivity contribution in [3.05, 3.63) is 72.8 Å². The summed E-state index contributed by atoms with van der Waals surface area (Å²) in [4.78, 5) is 12.4. The highest BCUT2D eigenvalue weighted by molar-refractivity contribution is 7.99. The number of rotatable bonds is 8. The molecule has 0 fully saturated rings. The summed E-state index contributed by atoms with van der Waals surface area (Å²) < 4.78 is 7.84. The number of para-hydroxylation sites is 1. The maximum Gasteiger partial charge on any atom is 0.234 e. The van der Waals surface area contributed by atoms with Gasteiger partial charge in [0.15, 0.2) is 10.9 Å². The number of hydrogen-bond acceptors (Lipinski definition) is 5. The van der Waals surface area contributed by atoms with Crippen molar-refractivity contribution in [1.82, 2.24) is 14.8 Å². The number of hydrogen-bond donors (Lipinski definition) is 1. The first-order valence-corrected chi connectivity index (χ1v) is 11.1. The molecular weight excluding hydrogens is 408 g/mol.